The molecule has 202 valence electrons. The van der Waals surface area contributed by atoms with Crippen molar-refractivity contribution in [2.45, 2.75) is 25.2 Å². The molecule has 0 spiro atoms. The molecule has 0 radical (unpaired) electrons. The predicted molar refractivity (Wildman–Crippen MR) is 171 cm³/mol. The molecule has 3 aromatic carbocycles. The minimum atomic E-state index is 0.257. The zero-order valence-electron chi connectivity index (χ0n) is 23.3. The van der Waals surface area contributed by atoms with Crippen LogP contribution in [0.5, 0.6) is 0 Å². The maximum atomic E-state index is 5.06. The molecule has 3 unspecified atom stereocenters. The molecule has 2 heterocycles. The molecule has 3 atom stereocenters. The van der Waals surface area contributed by atoms with Gasteiger partial charge < -0.3 is 0 Å². The number of benzene rings is 3. The zero-order valence-corrected chi connectivity index (χ0v) is 23.3. The summed E-state index contributed by atoms with van der Waals surface area (Å²) < 4.78 is 0. The molecule has 0 saturated heterocycles. The SMILES string of the molecule is C1=CC2C=C(c3nc(C4=CCC(c5cccc6cccnc56)C=C4)nc(-c4ccc5ccccc5c4)n3)C=CC2CC1. The Morgan fingerprint density at radius 1 is 0.667 bits per heavy atom. The van der Waals surface area contributed by atoms with Gasteiger partial charge in [0.25, 0.3) is 0 Å². The fourth-order valence-corrected chi connectivity index (χ4v) is 6.46. The first-order valence-corrected chi connectivity index (χ1v) is 14.8. The van der Waals surface area contributed by atoms with Crippen molar-refractivity contribution >= 4 is 32.8 Å². The van der Waals surface area contributed by atoms with Gasteiger partial charge in [0.2, 0.25) is 0 Å². The fraction of sp³-hybridized carbons (Fsp3) is 0.158. The van der Waals surface area contributed by atoms with Crippen molar-refractivity contribution < 1.29 is 0 Å². The quantitative estimate of drug-likeness (QED) is 0.213. The Bertz CT molecular complexity index is 1990. The normalized spacial score (nSPS) is 21.3. The topological polar surface area (TPSA) is 51.6 Å². The molecule has 0 N–H and O–H groups in total. The molecule has 3 aliphatic carbocycles. The van der Waals surface area contributed by atoms with E-state index in [1.54, 1.807) is 0 Å². The number of pyridine rings is 1. The Hall–Kier alpha value is -4.96. The van der Waals surface area contributed by atoms with Gasteiger partial charge in [0.1, 0.15) is 0 Å². The van der Waals surface area contributed by atoms with E-state index in [4.69, 9.17) is 15.0 Å². The lowest BCUT2D eigenvalue weighted by Crippen LogP contribution is -2.15. The number of nitrogens with zero attached hydrogens (tertiary/aromatic N) is 4. The van der Waals surface area contributed by atoms with Gasteiger partial charge in [-0.15, -0.1) is 0 Å². The number of hydrogen-bond donors (Lipinski definition) is 0. The monoisotopic (exact) mass is 542 g/mol. The van der Waals surface area contributed by atoms with E-state index < -0.39 is 0 Å². The lowest BCUT2D eigenvalue weighted by Gasteiger charge is -2.26. The van der Waals surface area contributed by atoms with Crippen molar-refractivity contribution in [2.75, 3.05) is 0 Å². The number of allylic oxidation sites excluding steroid dienone is 10. The number of hydrogen-bond acceptors (Lipinski definition) is 4. The molecule has 0 fully saturated rings. The molecule has 5 aromatic rings. The minimum Gasteiger partial charge on any atom is -0.256 e. The summed E-state index contributed by atoms with van der Waals surface area (Å²) in [6, 6.07) is 25.4. The summed E-state index contributed by atoms with van der Waals surface area (Å²) >= 11 is 0. The Balaban J connectivity index is 1.19. The van der Waals surface area contributed by atoms with Crippen molar-refractivity contribution in [1.82, 2.24) is 19.9 Å². The molecule has 0 amide bonds. The Kier molecular flexibility index (Phi) is 6.18. The van der Waals surface area contributed by atoms with Crippen LogP contribution in [0.2, 0.25) is 0 Å². The van der Waals surface area contributed by atoms with Crippen LogP contribution in [0.25, 0.3) is 44.2 Å². The number of fused-ring (bicyclic) bond motifs is 3. The standard InChI is InChI=1S/C38H30N4/c1-3-9-30-23-32(20-14-25(30)7-1)37-40-36(41-38(42-37)33-21-15-26-8-2-4-10-31(26)24-33)29-18-16-27(17-19-29)34-13-5-11-28-12-6-22-39-35(28)34/h1,3-7,9-16,18-24,26-27,31H,2,8,17H2. The van der Waals surface area contributed by atoms with Crippen molar-refractivity contribution in [3.63, 3.8) is 0 Å². The number of aromatic nitrogens is 4. The van der Waals surface area contributed by atoms with E-state index in [2.05, 4.69) is 120 Å². The molecule has 0 bridgehead atoms. The fourth-order valence-electron chi connectivity index (χ4n) is 6.46. The number of para-hydroxylation sites is 1. The first-order valence-electron chi connectivity index (χ1n) is 14.8. The van der Waals surface area contributed by atoms with Crippen LogP contribution < -0.4 is 0 Å². The second-order valence-electron chi connectivity index (χ2n) is 11.4. The van der Waals surface area contributed by atoms with Crippen LogP contribution in [0, 0.1) is 11.8 Å². The second-order valence-corrected chi connectivity index (χ2v) is 11.4. The van der Waals surface area contributed by atoms with Gasteiger partial charge in [-0.05, 0) is 53.6 Å². The van der Waals surface area contributed by atoms with Gasteiger partial charge in [-0.3, -0.25) is 4.98 Å². The molecule has 0 saturated carbocycles. The Labute approximate surface area is 245 Å². The van der Waals surface area contributed by atoms with E-state index in [9.17, 15) is 0 Å². The van der Waals surface area contributed by atoms with Crippen LogP contribution in [0.4, 0.5) is 0 Å². The maximum absolute atomic E-state index is 5.06. The molecule has 42 heavy (non-hydrogen) atoms. The summed E-state index contributed by atoms with van der Waals surface area (Å²) in [6.45, 7) is 0. The molecule has 0 aliphatic heterocycles. The van der Waals surface area contributed by atoms with E-state index in [0.29, 0.717) is 23.5 Å². The zero-order chi connectivity index (χ0) is 27.9. The van der Waals surface area contributed by atoms with E-state index in [1.807, 2.05) is 12.3 Å². The largest absolute Gasteiger partial charge is 0.256 e. The highest BCUT2D eigenvalue weighted by molar-refractivity contribution is 5.87. The van der Waals surface area contributed by atoms with Gasteiger partial charge in [0.15, 0.2) is 17.5 Å². The van der Waals surface area contributed by atoms with Gasteiger partial charge in [-0.1, -0.05) is 109 Å². The van der Waals surface area contributed by atoms with Crippen molar-refractivity contribution in [3.8, 4) is 11.4 Å². The average molecular weight is 543 g/mol. The summed E-state index contributed by atoms with van der Waals surface area (Å²) in [5, 5.41) is 3.55. The van der Waals surface area contributed by atoms with E-state index in [-0.39, 0.29) is 5.92 Å². The third-order valence-corrected chi connectivity index (χ3v) is 8.74. The summed E-state index contributed by atoms with van der Waals surface area (Å²) in [7, 11) is 0. The summed E-state index contributed by atoms with van der Waals surface area (Å²) in [5.41, 5.74) is 5.41. The van der Waals surface area contributed by atoms with Crippen molar-refractivity contribution in [1.29, 1.82) is 0 Å². The Morgan fingerprint density at radius 2 is 1.48 bits per heavy atom. The van der Waals surface area contributed by atoms with Gasteiger partial charge >= 0.3 is 0 Å². The Morgan fingerprint density at radius 3 is 2.38 bits per heavy atom. The highest BCUT2D eigenvalue weighted by atomic mass is 15.0. The molecule has 8 rings (SSSR count). The first-order chi connectivity index (χ1) is 20.8. The number of rotatable bonds is 4. The van der Waals surface area contributed by atoms with Crippen LogP contribution >= 0.6 is 0 Å². The minimum absolute atomic E-state index is 0.257. The second kappa shape index (κ2) is 10.5. The van der Waals surface area contributed by atoms with Crippen LogP contribution in [0.15, 0.2) is 128 Å². The molecule has 4 heteroatoms. The maximum Gasteiger partial charge on any atom is 0.164 e. The van der Waals surface area contributed by atoms with Gasteiger partial charge in [-0.25, -0.2) is 15.0 Å². The summed E-state index contributed by atoms with van der Waals surface area (Å²) in [4.78, 5) is 19.8. The highest BCUT2D eigenvalue weighted by Crippen LogP contribution is 2.36. The lowest BCUT2D eigenvalue weighted by molar-refractivity contribution is 0.493. The van der Waals surface area contributed by atoms with Crippen LogP contribution in [-0.4, -0.2) is 19.9 Å². The molecule has 3 aliphatic rings. The third-order valence-electron chi connectivity index (χ3n) is 8.74. The average Bonchev–Trinajstić information content (AvgIpc) is 3.07. The molecular formula is C38H30N4. The molecular weight excluding hydrogens is 512 g/mol. The van der Waals surface area contributed by atoms with Crippen LogP contribution in [0.3, 0.4) is 0 Å². The highest BCUT2D eigenvalue weighted by Gasteiger charge is 2.24. The molecule has 2 aromatic heterocycles. The van der Waals surface area contributed by atoms with E-state index in [0.717, 1.165) is 40.9 Å². The van der Waals surface area contributed by atoms with E-state index in [1.165, 1.54) is 28.1 Å². The van der Waals surface area contributed by atoms with Crippen LogP contribution in [0.1, 0.15) is 42.4 Å². The predicted octanol–water partition coefficient (Wildman–Crippen LogP) is 8.90. The van der Waals surface area contributed by atoms with Crippen molar-refractivity contribution in [3.05, 3.63) is 145 Å². The smallest absolute Gasteiger partial charge is 0.164 e. The van der Waals surface area contributed by atoms with Gasteiger partial charge in [0.05, 0.1) is 5.52 Å². The summed E-state index contributed by atoms with van der Waals surface area (Å²) in [5.74, 6) is 3.35. The van der Waals surface area contributed by atoms with E-state index >= 15 is 0 Å². The first kappa shape index (κ1) is 24.8. The molecule has 4 nitrogen and oxygen atoms in total. The van der Waals surface area contributed by atoms with Crippen LogP contribution in [-0.2, 0) is 0 Å². The van der Waals surface area contributed by atoms with Crippen molar-refractivity contribution in [2.24, 2.45) is 11.8 Å². The summed E-state index contributed by atoms with van der Waals surface area (Å²) in [6.07, 6.45) is 23.3. The van der Waals surface area contributed by atoms with Gasteiger partial charge in [0, 0.05) is 40.1 Å². The lowest BCUT2D eigenvalue weighted by atomic mass is 9.79. The van der Waals surface area contributed by atoms with Gasteiger partial charge in [-0.2, -0.15) is 0 Å². The third kappa shape index (κ3) is 4.59.